The van der Waals surface area contributed by atoms with Gasteiger partial charge in [-0.15, -0.1) is 5.10 Å². The van der Waals surface area contributed by atoms with Crippen LogP contribution in [0.25, 0.3) is 11.3 Å². The largest absolute Gasteiger partial charge is 0.493 e. The zero-order valence-corrected chi connectivity index (χ0v) is 11.8. The first-order valence-corrected chi connectivity index (χ1v) is 6.09. The van der Waals surface area contributed by atoms with E-state index in [4.69, 9.17) is 14.6 Å². The molecule has 0 aliphatic carbocycles. The summed E-state index contributed by atoms with van der Waals surface area (Å²) in [4.78, 5) is 22.1. The lowest BCUT2D eigenvalue weighted by Gasteiger charge is -2.10. The summed E-state index contributed by atoms with van der Waals surface area (Å²) in [5.41, 5.74) is 0.144. The topological polar surface area (TPSA) is 124 Å². The van der Waals surface area contributed by atoms with Gasteiger partial charge in [-0.3, -0.25) is 4.79 Å². The minimum atomic E-state index is -1.30. The van der Waals surface area contributed by atoms with Gasteiger partial charge in [0.15, 0.2) is 17.2 Å². The van der Waals surface area contributed by atoms with Crippen molar-refractivity contribution in [2.24, 2.45) is 0 Å². The van der Waals surface area contributed by atoms with E-state index in [1.54, 1.807) is 12.1 Å². The lowest BCUT2D eigenvalue weighted by atomic mass is 10.1. The normalized spacial score (nSPS) is 10.3. The van der Waals surface area contributed by atoms with Gasteiger partial charge in [0, 0.05) is 5.56 Å². The number of aromatic carboxylic acids is 1. The minimum Gasteiger partial charge on any atom is -0.493 e. The number of hydrogen-bond acceptors (Lipinski definition) is 6. The Morgan fingerprint density at radius 3 is 2.41 bits per heavy atom. The Hall–Kier alpha value is -3.10. The van der Waals surface area contributed by atoms with E-state index in [1.165, 1.54) is 20.3 Å². The predicted octanol–water partition coefficient (Wildman–Crippen LogP) is 0.745. The fraction of sp³-hybridized carbons (Fsp3) is 0.231. The van der Waals surface area contributed by atoms with Gasteiger partial charge in [-0.1, -0.05) is 5.21 Å². The second kappa shape index (κ2) is 6.12. The van der Waals surface area contributed by atoms with Gasteiger partial charge in [-0.2, -0.15) is 0 Å². The van der Waals surface area contributed by atoms with E-state index in [2.05, 4.69) is 10.3 Å². The highest BCUT2D eigenvalue weighted by Gasteiger charge is 2.22. The van der Waals surface area contributed by atoms with E-state index in [0.29, 0.717) is 17.1 Å². The number of carboxylic acids is 2. The van der Waals surface area contributed by atoms with Crippen molar-refractivity contribution in [2.45, 2.75) is 6.54 Å². The highest BCUT2D eigenvalue weighted by molar-refractivity contribution is 5.93. The number of aliphatic carboxylic acids is 1. The van der Waals surface area contributed by atoms with Crippen LogP contribution in [0.2, 0.25) is 0 Å². The van der Waals surface area contributed by atoms with Gasteiger partial charge in [0.1, 0.15) is 12.2 Å². The molecule has 0 saturated carbocycles. The van der Waals surface area contributed by atoms with Crippen LogP contribution in [-0.4, -0.2) is 51.4 Å². The third-order valence-corrected chi connectivity index (χ3v) is 2.88. The van der Waals surface area contributed by atoms with Crippen LogP contribution in [0.5, 0.6) is 11.5 Å². The first-order chi connectivity index (χ1) is 10.5. The molecule has 0 aliphatic heterocycles. The van der Waals surface area contributed by atoms with Crippen molar-refractivity contribution in [2.75, 3.05) is 14.2 Å². The highest BCUT2D eigenvalue weighted by Crippen LogP contribution is 2.33. The van der Waals surface area contributed by atoms with Crippen molar-refractivity contribution < 1.29 is 29.3 Å². The van der Waals surface area contributed by atoms with Crippen molar-refractivity contribution in [1.29, 1.82) is 0 Å². The summed E-state index contributed by atoms with van der Waals surface area (Å²) in [6.07, 6.45) is 0. The second-order valence-electron chi connectivity index (χ2n) is 4.21. The molecular formula is C13H13N3O6. The van der Waals surface area contributed by atoms with Crippen LogP contribution in [0.4, 0.5) is 0 Å². The van der Waals surface area contributed by atoms with Crippen LogP contribution in [0.1, 0.15) is 10.5 Å². The average Bonchev–Trinajstić information content (AvgIpc) is 2.89. The Kier molecular flexibility index (Phi) is 4.25. The number of ether oxygens (including phenoxy) is 2. The molecular weight excluding hydrogens is 294 g/mol. The number of benzene rings is 1. The van der Waals surface area contributed by atoms with Gasteiger partial charge in [0.05, 0.1) is 14.2 Å². The Bertz CT molecular complexity index is 725. The average molecular weight is 307 g/mol. The molecule has 0 bridgehead atoms. The molecule has 0 radical (unpaired) electrons. The Balaban J connectivity index is 2.61. The van der Waals surface area contributed by atoms with E-state index < -0.39 is 18.5 Å². The number of aromatic nitrogens is 3. The molecule has 2 rings (SSSR count). The summed E-state index contributed by atoms with van der Waals surface area (Å²) in [5.74, 6) is -1.63. The maximum atomic E-state index is 11.3. The van der Waals surface area contributed by atoms with Gasteiger partial charge >= 0.3 is 11.9 Å². The zero-order chi connectivity index (χ0) is 16.3. The Morgan fingerprint density at radius 2 is 1.86 bits per heavy atom. The van der Waals surface area contributed by atoms with Gasteiger partial charge in [0.25, 0.3) is 0 Å². The molecule has 0 saturated heterocycles. The molecule has 0 atom stereocenters. The van der Waals surface area contributed by atoms with E-state index in [0.717, 1.165) is 4.68 Å². The van der Waals surface area contributed by atoms with Crippen LogP contribution in [-0.2, 0) is 11.3 Å². The number of carboxylic acid groups (broad SMARTS) is 2. The third-order valence-electron chi connectivity index (χ3n) is 2.88. The molecule has 0 aliphatic rings. The maximum absolute atomic E-state index is 11.3. The highest BCUT2D eigenvalue weighted by atomic mass is 16.5. The molecule has 2 N–H and O–H groups in total. The molecule has 0 amide bonds. The van der Waals surface area contributed by atoms with E-state index in [-0.39, 0.29) is 11.4 Å². The quantitative estimate of drug-likeness (QED) is 0.801. The number of nitrogens with zero attached hydrogens (tertiary/aromatic N) is 3. The summed E-state index contributed by atoms with van der Waals surface area (Å²) in [6.45, 7) is -0.510. The second-order valence-corrected chi connectivity index (χ2v) is 4.21. The minimum absolute atomic E-state index is 0.0795. The molecule has 1 aromatic carbocycles. The van der Waals surface area contributed by atoms with Crippen LogP contribution in [0.15, 0.2) is 18.2 Å². The van der Waals surface area contributed by atoms with Crippen molar-refractivity contribution in [3.63, 3.8) is 0 Å². The molecule has 0 fully saturated rings. The van der Waals surface area contributed by atoms with Gasteiger partial charge < -0.3 is 19.7 Å². The predicted molar refractivity (Wildman–Crippen MR) is 73.2 cm³/mol. The monoisotopic (exact) mass is 307 g/mol. The summed E-state index contributed by atoms with van der Waals surface area (Å²) >= 11 is 0. The first kappa shape index (κ1) is 15.3. The van der Waals surface area contributed by atoms with Gasteiger partial charge in [-0.25, -0.2) is 9.48 Å². The van der Waals surface area contributed by atoms with E-state index >= 15 is 0 Å². The lowest BCUT2D eigenvalue weighted by Crippen LogP contribution is -2.12. The summed E-state index contributed by atoms with van der Waals surface area (Å²) < 4.78 is 11.3. The van der Waals surface area contributed by atoms with Gasteiger partial charge in [0.2, 0.25) is 0 Å². The molecule has 9 heteroatoms. The van der Waals surface area contributed by atoms with Crippen LogP contribution >= 0.6 is 0 Å². The molecule has 0 spiro atoms. The first-order valence-electron chi connectivity index (χ1n) is 6.09. The molecule has 1 heterocycles. The van der Waals surface area contributed by atoms with Crippen LogP contribution in [0, 0.1) is 0 Å². The molecule has 0 unspecified atom stereocenters. The van der Waals surface area contributed by atoms with Gasteiger partial charge in [-0.05, 0) is 18.2 Å². The number of rotatable bonds is 6. The van der Waals surface area contributed by atoms with Crippen molar-refractivity contribution in [3.05, 3.63) is 23.9 Å². The smallest absolute Gasteiger partial charge is 0.358 e. The van der Waals surface area contributed by atoms with Crippen molar-refractivity contribution in [3.8, 4) is 22.8 Å². The zero-order valence-electron chi connectivity index (χ0n) is 11.8. The summed E-state index contributed by atoms with van der Waals surface area (Å²) in [6, 6.07) is 4.69. The SMILES string of the molecule is COc1ccc(-c2c(C(=O)O)nnn2CC(=O)O)cc1OC. The molecule has 2 aromatic rings. The maximum Gasteiger partial charge on any atom is 0.358 e. The van der Waals surface area contributed by atoms with E-state index in [1.807, 2.05) is 0 Å². The fourth-order valence-electron chi connectivity index (χ4n) is 1.97. The van der Waals surface area contributed by atoms with Crippen molar-refractivity contribution in [1.82, 2.24) is 15.0 Å². The summed E-state index contributed by atoms with van der Waals surface area (Å²) in [7, 11) is 2.91. The molecule has 116 valence electrons. The number of hydrogen-bond donors (Lipinski definition) is 2. The van der Waals surface area contributed by atoms with E-state index in [9.17, 15) is 14.7 Å². The number of carbonyl (C=O) groups is 2. The molecule has 22 heavy (non-hydrogen) atoms. The molecule has 9 nitrogen and oxygen atoms in total. The fourth-order valence-corrected chi connectivity index (χ4v) is 1.97. The molecule has 1 aromatic heterocycles. The third kappa shape index (κ3) is 2.82. The van der Waals surface area contributed by atoms with Crippen LogP contribution < -0.4 is 9.47 Å². The van der Waals surface area contributed by atoms with Crippen molar-refractivity contribution >= 4 is 11.9 Å². The lowest BCUT2D eigenvalue weighted by molar-refractivity contribution is -0.137. The van der Waals surface area contributed by atoms with Crippen LogP contribution in [0.3, 0.4) is 0 Å². The Labute approximate surface area is 124 Å². The Morgan fingerprint density at radius 1 is 1.18 bits per heavy atom. The standard InChI is InChI=1S/C13H13N3O6/c1-21-8-4-3-7(5-9(8)22-2)12-11(13(19)20)14-15-16(12)6-10(17)18/h3-5H,6H2,1-2H3,(H,17,18)(H,19,20). The summed E-state index contributed by atoms with van der Waals surface area (Å²) in [5, 5.41) is 25.2. The number of methoxy groups -OCH3 is 2.